The summed E-state index contributed by atoms with van der Waals surface area (Å²) < 4.78 is 12.6. The average molecular weight is 417 g/mol. The molecule has 1 saturated carbocycles. The van der Waals surface area contributed by atoms with E-state index in [0.29, 0.717) is 12.5 Å². The fourth-order valence-corrected chi connectivity index (χ4v) is 4.04. The molecule has 3 aromatic rings. The summed E-state index contributed by atoms with van der Waals surface area (Å²) in [5.74, 6) is 0.925. The maximum Gasteiger partial charge on any atom is 0.330 e. The molecule has 160 valence electrons. The number of esters is 1. The first-order valence-electron chi connectivity index (χ1n) is 10.9. The standard InChI is InChI=1S/C26H28N2O3/c1-30-26(29)17-12-22-18-25(21-10-6-3-7-11-21)28(27-22)23-13-15-24(16-14-23)31-19-20-8-4-2-5-9-20/h2,4-5,8-9,12-18,21H,3,6-7,10-11,19H2,1H3. The van der Waals surface area contributed by atoms with Crippen molar-refractivity contribution in [1.82, 2.24) is 9.78 Å². The Balaban J connectivity index is 1.55. The van der Waals surface area contributed by atoms with Crippen LogP contribution in [0.25, 0.3) is 11.8 Å². The second kappa shape index (κ2) is 10.1. The molecular weight excluding hydrogens is 388 g/mol. The van der Waals surface area contributed by atoms with Gasteiger partial charge in [0.2, 0.25) is 0 Å². The van der Waals surface area contributed by atoms with E-state index in [0.717, 1.165) is 22.7 Å². The normalized spacial score (nSPS) is 14.6. The summed E-state index contributed by atoms with van der Waals surface area (Å²) >= 11 is 0. The van der Waals surface area contributed by atoms with Crippen LogP contribution in [-0.4, -0.2) is 22.9 Å². The molecule has 0 amide bonds. The van der Waals surface area contributed by atoms with Gasteiger partial charge in [0.15, 0.2) is 0 Å². The van der Waals surface area contributed by atoms with Crippen LogP contribution in [0.5, 0.6) is 5.75 Å². The maximum absolute atomic E-state index is 11.5. The number of hydrogen-bond donors (Lipinski definition) is 0. The summed E-state index contributed by atoms with van der Waals surface area (Å²) in [5.41, 5.74) is 4.09. The molecule has 0 N–H and O–H groups in total. The van der Waals surface area contributed by atoms with E-state index in [9.17, 15) is 4.79 Å². The van der Waals surface area contributed by atoms with Gasteiger partial charge in [-0.15, -0.1) is 0 Å². The van der Waals surface area contributed by atoms with Gasteiger partial charge in [-0.1, -0.05) is 49.6 Å². The summed E-state index contributed by atoms with van der Waals surface area (Å²) in [6.45, 7) is 0.539. The number of ether oxygens (including phenoxy) is 2. The van der Waals surface area contributed by atoms with Gasteiger partial charge in [0, 0.05) is 17.7 Å². The Kier molecular flexibility index (Phi) is 6.82. The van der Waals surface area contributed by atoms with Crippen molar-refractivity contribution >= 4 is 12.0 Å². The van der Waals surface area contributed by atoms with E-state index in [1.165, 1.54) is 51.0 Å². The highest BCUT2D eigenvalue weighted by Gasteiger charge is 2.21. The minimum atomic E-state index is -0.381. The van der Waals surface area contributed by atoms with Gasteiger partial charge in [-0.3, -0.25) is 0 Å². The van der Waals surface area contributed by atoms with Crippen molar-refractivity contribution in [2.75, 3.05) is 7.11 Å². The van der Waals surface area contributed by atoms with Gasteiger partial charge >= 0.3 is 5.97 Å². The van der Waals surface area contributed by atoms with Crippen molar-refractivity contribution in [1.29, 1.82) is 0 Å². The van der Waals surface area contributed by atoms with E-state index >= 15 is 0 Å². The van der Waals surface area contributed by atoms with Crippen molar-refractivity contribution in [3.05, 3.63) is 83.7 Å². The first kappa shape index (κ1) is 20.9. The number of benzene rings is 2. The number of methoxy groups -OCH3 is 1. The predicted molar refractivity (Wildman–Crippen MR) is 121 cm³/mol. The van der Waals surface area contributed by atoms with E-state index in [2.05, 4.69) is 18.2 Å². The summed E-state index contributed by atoms with van der Waals surface area (Å²) in [4.78, 5) is 11.5. The molecule has 0 saturated heterocycles. The Labute approximate surface area is 183 Å². The van der Waals surface area contributed by atoms with Gasteiger partial charge < -0.3 is 9.47 Å². The summed E-state index contributed by atoms with van der Waals surface area (Å²) in [7, 11) is 1.38. The molecule has 0 spiro atoms. The van der Waals surface area contributed by atoms with Gasteiger partial charge in [-0.05, 0) is 54.8 Å². The molecule has 5 nitrogen and oxygen atoms in total. The number of carbonyl (C=O) groups excluding carboxylic acids is 1. The largest absolute Gasteiger partial charge is 0.489 e. The van der Waals surface area contributed by atoms with Crippen molar-refractivity contribution in [3.63, 3.8) is 0 Å². The lowest BCUT2D eigenvalue weighted by Crippen LogP contribution is -2.10. The van der Waals surface area contributed by atoms with Crippen LogP contribution in [0.2, 0.25) is 0 Å². The number of aromatic nitrogens is 2. The average Bonchev–Trinajstić information content (AvgIpc) is 3.27. The third-order valence-electron chi connectivity index (χ3n) is 5.70. The monoisotopic (exact) mass is 416 g/mol. The third-order valence-corrected chi connectivity index (χ3v) is 5.70. The molecule has 1 heterocycles. The molecule has 4 rings (SSSR count). The van der Waals surface area contributed by atoms with Crippen LogP contribution in [0.1, 0.15) is 55.0 Å². The lowest BCUT2D eigenvalue weighted by atomic mass is 9.86. The second-order valence-corrected chi connectivity index (χ2v) is 7.87. The third kappa shape index (κ3) is 5.43. The molecule has 31 heavy (non-hydrogen) atoms. The lowest BCUT2D eigenvalue weighted by molar-refractivity contribution is -0.134. The Morgan fingerprint density at radius 1 is 1.06 bits per heavy atom. The Morgan fingerprint density at radius 2 is 1.81 bits per heavy atom. The quantitative estimate of drug-likeness (QED) is 0.367. The van der Waals surface area contributed by atoms with Crippen molar-refractivity contribution < 1.29 is 14.3 Å². The van der Waals surface area contributed by atoms with Crippen molar-refractivity contribution in [2.24, 2.45) is 0 Å². The van der Waals surface area contributed by atoms with Crippen LogP contribution >= 0.6 is 0 Å². The zero-order valence-electron chi connectivity index (χ0n) is 17.9. The molecule has 1 aliphatic rings. The highest BCUT2D eigenvalue weighted by atomic mass is 16.5. The van der Waals surface area contributed by atoms with Gasteiger partial charge in [-0.2, -0.15) is 5.10 Å². The van der Waals surface area contributed by atoms with E-state index in [1.807, 2.05) is 47.1 Å². The molecule has 0 atom stereocenters. The first-order valence-corrected chi connectivity index (χ1v) is 10.9. The summed E-state index contributed by atoms with van der Waals surface area (Å²) in [6.07, 6.45) is 9.26. The Bertz CT molecular complexity index is 1020. The van der Waals surface area contributed by atoms with Crippen molar-refractivity contribution in [2.45, 2.75) is 44.6 Å². The molecule has 1 fully saturated rings. The SMILES string of the molecule is COC(=O)C=Cc1cc(C2CCCCC2)n(-c2ccc(OCc3ccccc3)cc2)n1. The lowest BCUT2D eigenvalue weighted by Gasteiger charge is -2.22. The fourth-order valence-electron chi connectivity index (χ4n) is 4.04. The first-order chi connectivity index (χ1) is 15.2. The van der Waals surface area contributed by atoms with Crippen LogP contribution in [-0.2, 0) is 16.1 Å². The number of nitrogens with zero attached hydrogens (tertiary/aromatic N) is 2. The Morgan fingerprint density at radius 3 is 2.52 bits per heavy atom. The van der Waals surface area contributed by atoms with Gasteiger partial charge in [0.1, 0.15) is 12.4 Å². The topological polar surface area (TPSA) is 53.4 Å². The minimum Gasteiger partial charge on any atom is -0.489 e. The van der Waals surface area contributed by atoms with Crippen LogP contribution < -0.4 is 4.74 Å². The van der Waals surface area contributed by atoms with E-state index in [1.54, 1.807) is 6.08 Å². The fraction of sp³-hybridized carbons (Fsp3) is 0.308. The summed E-state index contributed by atoms with van der Waals surface area (Å²) in [6, 6.07) is 20.3. The predicted octanol–water partition coefficient (Wildman–Crippen LogP) is 5.69. The molecule has 0 bridgehead atoms. The van der Waals surface area contributed by atoms with E-state index in [-0.39, 0.29) is 5.97 Å². The molecule has 2 aromatic carbocycles. The zero-order chi connectivity index (χ0) is 21.5. The molecule has 0 radical (unpaired) electrons. The second-order valence-electron chi connectivity index (χ2n) is 7.87. The molecule has 5 heteroatoms. The Hall–Kier alpha value is -3.34. The number of rotatable bonds is 7. The van der Waals surface area contributed by atoms with Crippen LogP contribution in [0.3, 0.4) is 0 Å². The van der Waals surface area contributed by atoms with Gasteiger partial charge in [0.05, 0.1) is 18.5 Å². The highest BCUT2D eigenvalue weighted by molar-refractivity contribution is 5.86. The maximum atomic E-state index is 11.5. The molecular formula is C26H28N2O3. The van der Waals surface area contributed by atoms with Gasteiger partial charge in [0.25, 0.3) is 0 Å². The molecule has 0 aliphatic heterocycles. The van der Waals surface area contributed by atoms with Crippen LogP contribution in [0.4, 0.5) is 0 Å². The number of hydrogen-bond acceptors (Lipinski definition) is 4. The molecule has 1 aromatic heterocycles. The van der Waals surface area contributed by atoms with Crippen LogP contribution in [0, 0.1) is 0 Å². The minimum absolute atomic E-state index is 0.381. The van der Waals surface area contributed by atoms with E-state index < -0.39 is 0 Å². The van der Waals surface area contributed by atoms with Crippen LogP contribution in [0.15, 0.2) is 66.7 Å². The van der Waals surface area contributed by atoms with Gasteiger partial charge in [-0.25, -0.2) is 9.48 Å². The number of carbonyl (C=O) groups is 1. The molecule has 0 unspecified atom stereocenters. The van der Waals surface area contributed by atoms with E-state index in [4.69, 9.17) is 14.6 Å². The molecule has 1 aliphatic carbocycles. The highest BCUT2D eigenvalue weighted by Crippen LogP contribution is 2.34. The summed E-state index contributed by atoms with van der Waals surface area (Å²) in [5, 5.41) is 4.77. The smallest absolute Gasteiger partial charge is 0.330 e. The zero-order valence-corrected chi connectivity index (χ0v) is 17.9. The van der Waals surface area contributed by atoms with Crippen molar-refractivity contribution in [3.8, 4) is 11.4 Å².